The molecule has 8 rings (SSSR count). The third-order valence-electron chi connectivity index (χ3n) is 8.31. The molecular formula is C24H25NOS. The smallest absolute Gasteiger partial charge is 0.149 e. The number of anilines is 1. The van der Waals surface area contributed by atoms with Gasteiger partial charge in [-0.1, -0.05) is 18.2 Å². The number of hydrogen-bond donors (Lipinski definition) is 0. The number of aryl methyl sites for hydroxylation is 1. The molecule has 3 heterocycles. The maximum atomic E-state index is 5.98. The number of fused-ring (bicyclic) bond motifs is 3. The highest BCUT2D eigenvalue weighted by atomic mass is 32.1. The predicted molar refractivity (Wildman–Crippen MR) is 110 cm³/mol. The molecule has 2 nitrogen and oxygen atoms in total. The number of furan rings is 1. The van der Waals surface area contributed by atoms with Gasteiger partial charge in [0, 0.05) is 22.7 Å². The first-order chi connectivity index (χ1) is 13.2. The predicted octanol–water partition coefficient (Wildman–Crippen LogP) is 6.47. The molecule has 0 atom stereocenters. The van der Waals surface area contributed by atoms with Gasteiger partial charge in [0.15, 0.2) is 0 Å². The molecule has 4 bridgehead atoms. The first-order valence-electron chi connectivity index (χ1n) is 10.6. The molecule has 0 saturated heterocycles. The Morgan fingerprint density at radius 3 is 2.48 bits per heavy atom. The molecule has 5 aliphatic rings. The molecule has 1 aliphatic heterocycles. The minimum atomic E-state index is 0.223. The van der Waals surface area contributed by atoms with E-state index in [1.807, 2.05) is 17.6 Å². The Balaban J connectivity index is 1.51. The van der Waals surface area contributed by atoms with E-state index in [0.29, 0.717) is 0 Å². The maximum Gasteiger partial charge on any atom is 0.149 e. The number of para-hydroxylation sites is 1. The van der Waals surface area contributed by atoms with Crippen LogP contribution in [0.1, 0.15) is 48.1 Å². The molecule has 27 heavy (non-hydrogen) atoms. The van der Waals surface area contributed by atoms with Crippen LogP contribution in [0, 0.1) is 30.6 Å². The van der Waals surface area contributed by atoms with Crippen LogP contribution in [-0.2, 0) is 12.1 Å². The quantitative estimate of drug-likeness (QED) is 0.484. The molecule has 0 N–H and O–H groups in total. The summed E-state index contributed by atoms with van der Waals surface area (Å²) in [4.78, 5) is 4.49. The highest BCUT2D eigenvalue weighted by molar-refractivity contribution is 7.19. The van der Waals surface area contributed by atoms with Crippen molar-refractivity contribution in [2.75, 3.05) is 4.90 Å². The molecule has 3 heteroatoms. The zero-order chi connectivity index (χ0) is 17.8. The van der Waals surface area contributed by atoms with Gasteiger partial charge in [-0.2, -0.15) is 0 Å². The van der Waals surface area contributed by atoms with Crippen molar-refractivity contribution in [3.63, 3.8) is 0 Å². The van der Waals surface area contributed by atoms with Crippen molar-refractivity contribution in [1.82, 2.24) is 0 Å². The normalized spacial score (nSPS) is 36.3. The van der Waals surface area contributed by atoms with E-state index < -0.39 is 0 Å². The second kappa shape index (κ2) is 5.00. The lowest BCUT2D eigenvalue weighted by atomic mass is 9.48. The Hall–Kier alpha value is -1.74. The minimum absolute atomic E-state index is 0.223. The zero-order valence-electron chi connectivity index (χ0n) is 15.8. The van der Waals surface area contributed by atoms with Gasteiger partial charge in [-0.25, -0.2) is 0 Å². The van der Waals surface area contributed by atoms with Crippen LogP contribution in [0.3, 0.4) is 0 Å². The minimum Gasteiger partial charge on any atom is -0.463 e. The van der Waals surface area contributed by atoms with Crippen molar-refractivity contribution in [2.45, 2.75) is 51.1 Å². The average Bonchev–Trinajstić information content (AvgIpc) is 3.31. The molecule has 1 aromatic carbocycles. The second-order valence-corrected chi connectivity index (χ2v) is 10.6. The molecule has 0 radical (unpaired) electrons. The number of rotatable bonds is 1. The number of benzene rings is 1. The van der Waals surface area contributed by atoms with E-state index >= 15 is 0 Å². The summed E-state index contributed by atoms with van der Waals surface area (Å²) in [5, 5.41) is 0. The van der Waals surface area contributed by atoms with Gasteiger partial charge >= 0.3 is 0 Å². The van der Waals surface area contributed by atoms with E-state index in [0.717, 1.165) is 30.2 Å². The fourth-order valence-electron chi connectivity index (χ4n) is 7.62. The van der Waals surface area contributed by atoms with E-state index in [-0.39, 0.29) is 5.54 Å². The standard InChI is InChI=1S/C24H25NOS/c1-14-4-2-3-5-20(14)25-13-19-22-21(6-7-26-22)27-23(19)24(25)17-9-15-8-16(11-17)12-18(24)10-15/h2-7,15-18H,8-13H2,1H3. The van der Waals surface area contributed by atoms with E-state index in [1.54, 1.807) is 4.88 Å². The molecular weight excluding hydrogens is 350 g/mol. The lowest BCUT2D eigenvalue weighted by Crippen LogP contribution is -2.61. The van der Waals surface area contributed by atoms with Crippen LogP contribution in [0.15, 0.2) is 41.0 Å². The summed E-state index contributed by atoms with van der Waals surface area (Å²) >= 11 is 2.04. The molecule has 3 aromatic rings. The molecule has 4 saturated carbocycles. The Morgan fingerprint density at radius 2 is 1.74 bits per heavy atom. The van der Waals surface area contributed by atoms with E-state index in [1.165, 1.54) is 59.2 Å². The first-order valence-corrected chi connectivity index (χ1v) is 11.4. The number of hydrogen-bond acceptors (Lipinski definition) is 3. The fraction of sp³-hybridized carbons (Fsp3) is 0.500. The van der Waals surface area contributed by atoms with Crippen molar-refractivity contribution in [2.24, 2.45) is 23.7 Å². The Bertz CT molecular complexity index is 1030. The largest absolute Gasteiger partial charge is 0.463 e. The molecule has 4 fully saturated rings. The average molecular weight is 376 g/mol. The molecule has 1 spiro atoms. The van der Waals surface area contributed by atoms with Gasteiger partial charge in [0.05, 0.1) is 16.5 Å². The van der Waals surface area contributed by atoms with E-state index in [9.17, 15) is 0 Å². The van der Waals surface area contributed by atoms with Gasteiger partial charge in [0.2, 0.25) is 0 Å². The number of nitrogens with zero attached hydrogens (tertiary/aromatic N) is 1. The summed E-state index contributed by atoms with van der Waals surface area (Å²) in [5.41, 5.74) is 5.75. The van der Waals surface area contributed by atoms with Crippen LogP contribution in [0.5, 0.6) is 0 Å². The molecule has 4 aliphatic carbocycles. The first kappa shape index (κ1) is 15.2. The van der Waals surface area contributed by atoms with Gasteiger partial charge in [-0.05, 0) is 80.4 Å². The van der Waals surface area contributed by atoms with Crippen LogP contribution < -0.4 is 4.90 Å². The Labute approximate surface area is 164 Å². The number of thiophene rings is 1. The summed E-state index contributed by atoms with van der Waals surface area (Å²) in [6.07, 6.45) is 9.14. The molecule has 2 aromatic heterocycles. The highest BCUT2D eigenvalue weighted by Gasteiger charge is 2.64. The lowest BCUT2D eigenvalue weighted by Gasteiger charge is -2.63. The zero-order valence-corrected chi connectivity index (χ0v) is 16.6. The third kappa shape index (κ3) is 1.73. The van der Waals surface area contributed by atoms with Crippen molar-refractivity contribution in [3.05, 3.63) is 52.6 Å². The van der Waals surface area contributed by atoms with Gasteiger partial charge in [0.25, 0.3) is 0 Å². The van der Waals surface area contributed by atoms with Gasteiger partial charge in [0.1, 0.15) is 5.58 Å². The highest BCUT2D eigenvalue weighted by Crippen LogP contribution is 2.68. The lowest BCUT2D eigenvalue weighted by molar-refractivity contribution is -0.0573. The summed E-state index contributed by atoms with van der Waals surface area (Å²) < 4.78 is 7.34. The third-order valence-corrected chi connectivity index (χ3v) is 9.62. The van der Waals surface area contributed by atoms with Gasteiger partial charge in [-0.15, -0.1) is 11.3 Å². The van der Waals surface area contributed by atoms with E-state index in [2.05, 4.69) is 42.2 Å². The van der Waals surface area contributed by atoms with Crippen LogP contribution >= 0.6 is 11.3 Å². The van der Waals surface area contributed by atoms with Gasteiger partial charge < -0.3 is 9.32 Å². The van der Waals surface area contributed by atoms with Crippen LogP contribution in [0.25, 0.3) is 10.3 Å². The fourth-order valence-corrected chi connectivity index (χ4v) is 9.11. The monoisotopic (exact) mass is 375 g/mol. The Morgan fingerprint density at radius 1 is 1.00 bits per heavy atom. The molecule has 0 unspecified atom stereocenters. The summed E-state index contributed by atoms with van der Waals surface area (Å²) in [6.45, 7) is 3.31. The maximum absolute atomic E-state index is 5.98. The summed E-state index contributed by atoms with van der Waals surface area (Å²) in [7, 11) is 0. The summed E-state index contributed by atoms with van der Waals surface area (Å²) in [6, 6.07) is 11.2. The molecule has 138 valence electrons. The SMILES string of the molecule is Cc1ccccc1N1Cc2c(sc3ccoc23)C12C1CC3CC(C1)CC2C3. The summed E-state index contributed by atoms with van der Waals surface area (Å²) in [5.74, 6) is 3.61. The van der Waals surface area contributed by atoms with Crippen molar-refractivity contribution >= 4 is 27.3 Å². The molecule has 0 amide bonds. The van der Waals surface area contributed by atoms with Crippen molar-refractivity contribution < 1.29 is 4.42 Å². The van der Waals surface area contributed by atoms with E-state index in [4.69, 9.17) is 4.42 Å². The topological polar surface area (TPSA) is 16.4 Å². The van der Waals surface area contributed by atoms with Crippen molar-refractivity contribution in [1.29, 1.82) is 0 Å². The van der Waals surface area contributed by atoms with Crippen LogP contribution in [0.4, 0.5) is 5.69 Å². The van der Waals surface area contributed by atoms with Crippen molar-refractivity contribution in [3.8, 4) is 0 Å². The van der Waals surface area contributed by atoms with Crippen LogP contribution in [-0.4, -0.2) is 0 Å². The van der Waals surface area contributed by atoms with Gasteiger partial charge in [-0.3, -0.25) is 0 Å². The Kier molecular flexibility index (Phi) is 2.81. The second-order valence-electron chi connectivity index (χ2n) is 9.53. The van der Waals surface area contributed by atoms with Crippen LogP contribution in [0.2, 0.25) is 0 Å².